The molecule has 3 aromatic rings. The van der Waals surface area contributed by atoms with E-state index >= 15 is 0 Å². The van der Waals surface area contributed by atoms with E-state index in [1.807, 2.05) is 25.1 Å². The van der Waals surface area contributed by atoms with Crippen LogP contribution in [-0.4, -0.2) is 20.9 Å². The van der Waals surface area contributed by atoms with Gasteiger partial charge in [0.15, 0.2) is 0 Å². The second-order valence-corrected chi connectivity index (χ2v) is 10.00. The fourth-order valence-electron chi connectivity index (χ4n) is 4.65. The van der Waals surface area contributed by atoms with E-state index in [0.717, 1.165) is 23.8 Å². The molecule has 0 saturated carbocycles. The number of carbonyl (C=O) groups is 1. The highest BCUT2D eigenvalue weighted by molar-refractivity contribution is 7.93. The van der Waals surface area contributed by atoms with Crippen LogP contribution in [0.25, 0.3) is 10.8 Å². The first-order valence-electron chi connectivity index (χ1n) is 10.4. The van der Waals surface area contributed by atoms with E-state index in [1.165, 1.54) is 28.3 Å². The summed E-state index contributed by atoms with van der Waals surface area (Å²) >= 11 is 0. The Labute approximate surface area is 176 Å². The average molecular weight is 421 g/mol. The topological polar surface area (TPSA) is 66.5 Å². The summed E-state index contributed by atoms with van der Waals surface area (Å²) < 4.78 is 27.3. The van der Waals surface area contributed by atoms with Crippen LogP contribution in [-0.2, 0) is 27.7 Å². The summed E-state index contributed by atoms with van der Waals surface area (Å²) in [7, 11) is -3.73. The molecule has 3 aromatic carbocycles. The SMILES string of the molecule is CC(NC(=O)CN1c2cccc3cccc(c23)S1(=O)=O)c1ccc2c(c1)CCCC2. The molecular weight excluding hydrogens is 396 g/mol. The van der Waals surface area contributed by atoms with Gasteiger partial charge >= 0.3 is 0 Å². The van der Waals surface area contributed by atoms with Crippen LogP contribution in [0, 0.1) is 0 Å². The van der Waals surface area contributed by atoms with Crippen LogP contribution in [0.15, 0.2) is 59.5 Å². The number of anilines is 1. The number of hydrogen-bond acceptors (Lipinski definition) is 3. The van der Waals surface area contributed by atoms with Crippen molar-refractivity contribution in [2.75, 3.05) is 10.8 Å². The van der Waals surface area contributed by atoms with Crippen molar-refractivity contribution in [3.05, 3.63) is 71.3 Å². The first kappa shape index (κ1) is 19.1. The van der Waals surface area contributed by atoms with E-state index in [2.05, 4.69) is 23.5 Å². The predicted molar refractivity (Wildman–Crippen MR) is 118 cm³/mol. The Morgan fingerprint density at radius 2 is 1.77 bits per heavy atom. The van der Waals surface area contributed by atoms with Crippen LogP contribution in [0.3, 0.4) is 0 Å². The molecule has 5 nitrogen and oxygen atoms in total. The van der Waals surface area contributed by atoms with Gasteiger partial charge in [0, 0.05) is 5.39 Å². The smallest absolute Gasteiger partial charge is 0.265 e. The van der Waals surface area contributed by atoms with Gasteiger partial charge in [-0.2, -0.15) is 0 Å². The largest absolute Gasteiger partial charge is 0.348 e. The molecule has 1 atom stereocenters. The number of fused-ring (bicyclic) bond motifs is 1. The Hall–Kier alpha value is -2.86. The van der Waals surface area contributed by atoms with E-state index < -0.39 is 10.0 Å². The molecule has 1 N–H and O–H groups in total. The number of sulfonamides is 1. The maximum absolute atomic E-state index is 13.1. The molecule has 1 aliphatic heterocycles. The second kappa shape index (κ2) is 7.13. The van der Waals surface area contributed by atoms with E-state index in [1.54, 1.807) is 18.2 Å². The third kappa shape index (κ3) is 3.06. The van der Waals surface area contributed by atoms with Crippen molar-refractivity contribution in [3.63, 3.8) is 0 Å². The minimum atomic E-state index is -3.73. The monoisotopic (exact) mass is 420 g/mol. The van der Waals surface area contributed by atoms with Gasteiger partial charge in [-0.1, -0.05) is 42.5 Å². The lowest BCUT2D eigenvalue weighted by Crippen LogP contribution is -2.39. The molecule has 6 heteroatoms. The molecule has 30 heavy (non-hydrogen) atoms. The van der Waals surface area contributed by atoms with Gasteiger partial charge < -0.3 is 5.32 Å². The molecule has 0 radical (unpaired) electrons. The summed E-state index contributed by atoms with van der Waals surface area (Å²) in [6.07, 6.45) is 4.64. The summed E-state index contributed by atoms with van der Waals surface area (Å²) in [5.74, 6) is -0.311. The Kier molecular flexibility index (Phi) is 4.54. The summed E-state index contributed by atoms with van der Waals surface area (Å²) in [4.78, 5) is 13.1. The van der Waals surface area contributed by atoms with Crippen molar-refractivity contribution in [2.24, 2.45) is 0 Å². The molecule has 1 amide bonds. The minimum absolute atomic E-state index is 0.187. The summed E-state index contributed by atoms with van der Waals surface area (Å²) in [5, 5.41) is 4.53. The van der Waals surface area contributed by atoms with Crippen molar-refractivity contribution < 1.29 is 13.2 Å². The van der Waals surface area contributed by atoms with Gasteiger partial charge in [0.1, 0.15) is 6.54 Å². The fraction of sp³-hybridized carbons (Fsp3) is 0.292. The summed E-state index contributed by atoms with van der Waals surface area (Å²) in [5.41, 5.74) is 4.39. The van der Waals surface area contributed by atoms with Gasteiger partial charge in [0.25, 0.3) is 10.0 Å². The molecule has 154 valence electrons. The van der Waals surface area contributed by atoms with Crippen LogP contribution in [0.4, 0.5) is 5.69 Å². The van der Waals surface area contributed by atoms with Gasteiger partial charge in [0.2, 0.25) is 5.91 Å². The highest BCUT2D eigenvalue weighted by Gasteiger charge is 2.36. The summed E-state index contributed by atoms with van der Waals surface area (Å²) in [6.45, 7) is 1.71. The number of carbonyl (C=O) groups excluding carboxylic acids is 1. The molecule has 1 aliphatic carbocycles. The lowest BCUT2D eigenvalue weighted by molar-refractivity contribution is -0.120. The quantitative estimate of drug-likeness (QED) is 0.691. The molecule has 0 bridgehead atoms. The highest BCUT2D eigenvalue weighted by Crippen LogP contribution is 2.41. The third-order valence-electron chi connectivity index (χ3n) is 6.22. The lowest BCUT2D eigenvalue weighted by Gasteiger charge is -2.22. The fourth-order valence-corrected chi connectivity index (χ4v) is 6.32. The highest BCUT2D eigenvalue weighted by atomic mass is 32.2. The zero-order valence-corrected chi connectivity index (χ0v) is 17.7. The minimum Gasteiger partial charge on any atom is -0.348 e. The van der Waals surface area contributed by atoms with Gasteiger partial charge in [0.05, 0.1) is 16.6 Å². The van der Waals surface area contributed by atoms with E-state index in [9.17, 15) is 13.2 Å². The van der Waals surface area contributed by atoms with Gasteiger partial charge in [-0.15, -0.1) is 0 Å². The van der Waals surface area contributed by atoms with Crippen LogP contribution in [0.1, 0.15) is 42.5 Å². The van der Waals surface area contributed by atoms with E-state index in [4.69, 9.17) is 0 Å². The first-order valence-corrected chi connectivity index (χ1v) is 11.8. The predicted octanol–water partition coefficient (Wildman–Crippen LogP) is 4.10. The molecule has 0 spiro atoms. The van der Waals surface area contributed by atoms with E-state index in [-0.39, 0.29) is 23.4 Å². The molecule has 0 aromatic heterocycles. The number of hydrogen-bond donors (Lipinski definition) is 1. The van der Waals surface area contributed by atoms with Crippen molar-refractivity contribution in [1.29, 1.82) is 0 Å². The van der Waals surface area contributed by atoms with Crippen LogP contribution in [0.5, 0.6) is 0 Å². The Bertz CT molecular complexity index is 1260. The summed E-state index contributed by atoms with van der Waals surface area (Å²) in [6, 6.07) is 16.9. The van der Waals surface area contributed by atoms with Crippen molar-refractivity contribution >= 4 is 32.4 Å². The number of benzene rings is 3. The number of nitrogens with zero attached hydrogens (tertiary/aromatic N) is 1. The van der Waals surface area contributed by atoms with Crippen LogP contribution in [0.2, 0.25) is 0 Å². The van der Waals surface area contributed by atoms with Gasteiger partial charge in [-0.3, -0.25) is 9.10 Å². The molecule has 0 fully saturated rings. The Morgan fingerprint density at radius 1 is 1.03 bits per heavy atom. The molecule has 5 rings (SSSR count). The number of amides is 1. The van der Waals surface area contributed by atoms with Crippen molar-refractivity contribution in [2.45, 2.75) is 43.5 Å². The zero-order chi connectivity index (χ0) is 20.9. The molecule has 1 heterocycles. The zero-order valence-electron chi connectivity index (χ0n) is 16.9. The van der Waals surface area contributed by atoms with E-state index in [0.29, 0.717) is 11.1 Å². The normalized spacial score (nSPS) is 17.6. The number of nitrogens with one attached hydrogen (secondary N) is 1. The van der Waals surface area contributed by atoms with Crippen LogP contribution < -0.4 is 9.62 Å². The lowest BCUT2D eigenvalue weighted by atomic mass is 9.89. The van der Waals surface area contributed by atoms with Gasteiger partial charge in [-0.25, -0.2) is 8.42 Å². The number of aryl methyl sites for hydroxylation is 2. The maximum Gasteiger partial charge on any atom is 0.265 e. The third-order valence-corrected chi connectivity index (χ3v) is 8.02. The van der Waals surface area contributed by atoms with Gasteiger partial charge in [-0.05, 0) is 66.8 Å². The van der Waals surface area contributed by atoms with Crippen molar-refractivity contribution in [3.8, 4) is 0 Å². The number of rotatable bonds is 4. The second-order valence-electron chi connectivity index (χ2n) is 8.17. The molecule has 0 saturated heterocycles. The molecular formula is C24H24N2O3S. The average Bonchev–Trinajstić information content (AvgIpc) is 2.96. The first-order chi connectivity index (χ1) is 14.4. The Balaban J connectivity index is 1.37. The molecule has 2 aliphatic rings. The molecule has 1 unspecified atom stereocenters. The standard InChI is InChI=1S/C24H24N2O3S/c1-16(19-13-12-17-6-2-3-7-20(17)14-19)25-23(27)15-26-21-10-4-8-18-9-5-11-22(24(18)21)30(26,28)29/h4-5,8-14,16H,2-3,6-7,15H2,1H3,(H,25,27). The van der Waals surface area contributed by atoms with Crippen LogP contribution >= 0.6 is 0 Å². The van der Waals surface area contributed by atoms with Crippen molar-refractivity contribution in [1.82, 2.24) is 5.32 Å². The maximum atomic E-state index is 13.1. The Morgan fingerprint density at radius 3 is 2.57 bits per heavy atom.